The summed E-state index contributed by atoms with van der Waals surface area (Å²) in [4.78, 5) is 14.0. The summed E-state index contributed by atoms with van der Waals surface area (Å²) >= 11 is 0. The zero-order chi connectivity index (χ0) is 14.7. The summed E-state index contributed by atoms with van der Waals surface area (Å²) in [6.45, 7) is 10.3. The van der Waals surface area contributed by atoms with E-state index in [0.717, 1.165) is 17.0 Å². The highest BCUT2D eigenvalue weighted by molar-refractivity contribution is 5.74. The van der Waals surface area contributed by atoms with Crippen LogP contribution in [0.5, 0.6) is 0 Å². The number of ether oxygens (including phenoxy) is 1. The third-order valence-electron chi connectivity index (χ3n) is 3.77. The molecule has 0 aromatic carbocycles. The summed E-state index contributed by atoms with van der Waals surface area (Å²) in [5, 5.41) is 6.94. The molecule has 0 spiro atoms. The fraction of sp³-hybridized carbons (Fsp3) is 0.714. The SMILES string of the molecule is Cc1noc(C)c1[C@H](C)CNC(=O)N1CCOC[C@H]1C. The lowest BCUT2D eigenvalue weighted by Gasteiger charge is -2.33. The number of morpholine rings is 1. The molecule has 0 aliphatic carbocycles. The predicted molar refractivity (Wildman–Crippen MR) is 74.8 cm³/mol. The van der Waals surface area contributed by atoms with E-state index < -0.39 is 0 Å². The Balaban J connectivity index is 1.90. The van der Waals surface area contributed by atoms with E-state index in [0.29, 0.717) is 26.3 Å². The van der Waals surface area contributed by atoms with Gasteiger partial charge in [0.05, 0.1) is 24.9 Å². The smallest absolute Gasteiger partial charge is 0.317 e. The van der Waals surface area contributed by atoms with Crippen LogP contribution in [0, 0.1) is 13.8 Å². The van der Waals surface area contributed by atoms with Gasteiger partial charge in [0.25, 0.3) is 0 Å². The molecule has 1 fully saturated rings. The van der Waals surface area contributed by atoms with E-state index in [9.17, 15) is 4.79 Å². The molecule has 1 aromatic heterocycles. The number of nitrogens with zero attached hydrogens (tertiary/aromatic N) is 2. The van der Waals surface area contributed by atoms with Crippen molar-refractivity contribution in [2.45, 2.75) is 39.7 Å². The van der Waals surface area contributed by atoms with Crippen LogP contribution in [0.3, 0.4) is 0 Å². The first-order chi connectivity index (χ1) is 9.50. The van der Waals surface area contributed by atoms with Crippen molar-refractivity contribution in [1.29, 1.82) is 0 Å². The van der Waals surface area contributed by atoms with Gasteiger partial charge >= 0.3 is 6.03 Å². The summed E-state index contributed by atoms with van der Waals surface area (Å²) in [7, 11) is 0. The summed E-state index contributed by atoms with van der Waals surface area (Å²) in [5.74, 6) is 1.01. The number of amides is 2. The fourth-order valence-corrected chi connectivity index (χ4v) is 2.67. The van der Waals surface area contributed by atoms with Crippen molar-refractivity contribution in [3.8, 4) is 0 Å². The maximum absolute atomic E-state index is 12.2. The first-order valence-electron chi connectivity index (χ1n) is 7.05. The second-order valence-corrected chi connectivity index (χ2v) is 5.44. The first kappa shape index (κ1) is 14.8. The number of hydrogen-bond acceptors (Lipinski definition) is 4. The van der Waals surface area contributed by atoms with Gasteiger partial charge in [-0.3, -0.25) is 0 Å². The Morgan fingerprint density at radius 3 is 2.90 bits per heavy atom. The lowest BCUT2D eigenvalue weighted by Crippen LogP contribution is -2.51. The van der Waals surface area contributed by atoms with Crippen molar-refractivity contribution >= 4 is 6.03 Å². The molecule has 2 atom stereocenters. The number of nitrogens with one attached hydrogen (secondary N) is 1. The number of rotatable bonds is 3. The van der Waals surface area contributed by atoms with E-state index in [2.05, 4.69) is 17.4 Å². The highest BCUT2D eigenvalue weighted by Crippen LogP contribution is 2.22. The second-order valence-electron chi connectivity index (χ2n) is 5.44. The number of aromatic nitrogens is 1. The van der Waals surface area contributed by atoms with E-state index in [-0.39, 0.29) is 18.0 Å². The molecule has 0 bridgehead atoms. The van der Waals surface area contributed by atoms with Gasteiger partial charge in [-0.05, 0) is 20.8 Å². The van der Waals surface area contributed by atoms with Crippen LogP contribution in [-0.2, 0) is 4.74 Å². The van der Waals surface area contributed by atoms with Gasteiger partial charge in [0.2, 0.25) is 0 Å². The van der Waals surface area contributed by atoms with E-state index in [1.807, 2.05) is 25.7 Å². The number of carbonyl (C=O) groups excluding carboxylic acids is 1. The molecule has 0 saturated carbocycles. The Bertz CT molecular complexity index is 453. The van der Waals surface area contributed by atoms with Gasteiger partial charge in [0.15, 0.2) is 0 Å². The zero-order valence-corrected chi connectivity index (χ0v) is 12.6. The Morgan fingerprint density at radius 1 is 1.55 bits per heavy atom. The van der Waals surface area contributed by atoms with Crippen LogP contribution in [0.4, 0.5) is 4.79 Å². The van der Waals surface area contributed by atoms with Crippen molar-refractivity contribution in [3.63, 3.8) is 0 Å². The van der Waals surface area contributed by atoms with Crippen LogP contribution < -0.4 is 5.32 Å². The molecular formula is C14H23N3O3. The molecule has 2 heterocycles. The average Bonchev–Trinajstić information content (AvgIpc) is 2.76. The van der Waals surface area contributed by atoms with Crippen molar-refractivity contribution in [2.24, 2.45) is 0 Å². The number of hydrogen-bond donors (Lipinski definition) is 1. The van der Waals surface area contributed by atoms with E-state index >= 15 is 0 Å². The van der Waals surface area contributed by atoms with Gasteiger partial charge in [-0.25, -0.2) is 4.79 Å². The standard InChI is InChI=1S/C14H23N3O3/c1-9(13-11(3)16-20-12(13)4)7-15-14(18)17-5-6-19-8-10(17)2/h9-10H,5-8H2,1-4H3,(H,15,18)/t9-,10-/m1/s1. The molecule has 6 heteroatoms. The highest BCUT2D eigenvalue weighted by atomic mass is 16.5. The summed E-state index contributed by atoms with van der Waals surface area (Å²) in [5.41, 5.74) is 1.98. The van der Waals surface area contributed by atoms with Gasteiger partial charge in [0.1, 0.15) is 5.76 Å². The molecule has 0 unspecified atom stereocenters. The molecule has 6 nitrogen and oxygen atoms in total. The van der Waals surface area contributed by atoms with Crippen LogP contribution >= 0.6 is 0 Å². The molecule has 1 aliphatic heterocycles. The fourth-order valence-electron chi connectivity index (χ4n) is 2.67. The summed E-state index contributed by atoms with van der Waals surface area (Å²) in [6.07, 6.45) is 0. The minimum Gasteiger partial charge on any atom is -0.377 e. The van der Waals surface area contributed by atoms with Crippen molar-refractivity contribution < 1.29 is 14.1 Å². The summed E-state index contributed by atoms with van der Waals surface area (Å²) < 4.78 is 10.5. The molecule has 1 saturated heterocycles. The minimum atomic E-state index is -0.0283. The van der Waals surface area contributed by atoms with Crippen molar-refractivity contribution in [2.75, 3.05) is 26.3 Å². The molecule has 2 rings (SSSR count). The normalized spacial score (nSPS) is 20.8. The van der Waals surface area contributed by atoms with Gasteiger partial charge in [-0.2, -0.15) is 0 Å². The van der Waals surface area contributed by atoms with E-state index in [1.165, 1.54) is 0 Å². The Morgan fingerprint density at radius 2 is 2.30 bits per heavy atom. The lowest BCUT2D eigenvalue weighted by molar-refractivity contribution is 0.0190. The molecule has 1 aromatic rings. The molecule has 2 amide bonds. The summed E-state index contributed by atoms with van der Waals surface area (Å²) in [6, 6.07) is 0.0949. The average molecular weight is 281 g/mol. The van der Waals surface area contributed by atoms with Crippen LogP contribution in [0.25, 0.3) is 0 Å². The number of aryl methyl sites for hydroxylation is 2. The predicted octanol–water partition coefficient (Wildman–Crippen LogP) is 1.83. The molecule has 1 N–H and O–H groups in total. The zero-order valence-electron chi connectivity index (χ0n) is 12.6. The van der Waals surface area contributed by atoms with Crippen LogP contribution in [0.2, 0.25) is 0 Å². The largest absolute Gasteiger partial charge is 0.377 e. The number of carbonyl (C=O) groups is 1. The van der Waals surface area contributed by atoms with Gasteiger partial charge in [0, 0.05) is 24.6 Å². The molecule has 1 aliphatic rings. The Kier molecular flexibility index (Phi) is 4.65. The van der Waals surface area contributed by atoms with E-state index in [1.54, 1.807) is 0 Å². The van der Waals surface area contributed by atoms with Gasteiger partial charge in [-0.1, -0.05) is 12.1 Å². The topological polar surface area (TPSA) is 67.6 Å². The molecule has 112 valence electrons. The molecular weight excluding hydrogens is 258 g/mol. The van der Waals surface area contributed by atoms with Gasteiger partial charge < -0.3 is 19.5 Å². The molecule has 20 heavy (non-hydrogen) atoms. The van der Waals surface area contributed by atoms with Crippen molar-refractivity contribution in [3.05, 3.63) is 17.0 Å². The minimum absolute atomic E-state index is 0.0283. The third-order valence-corrected chi connectivity index (χ3v) is 3.77. The third kappa shape index (κ3) is 3.12. The quantitative estimate of drug-likeness (QED) is 0.917. The van der Waals surface area contributed by atoms with Crippen LogP contribution in [0.15, 0.2) is 4.52 Å². The maximum atomic E-state index is 12.2. The Labute approximate surface area is 119 Å². The first-order valence-corrected chi connectivity index (χ1v) is 7.05. The molecule has 0 radical (unpaired) electrons. The van der Waals surface area contributed by atoms with Crippen LogP contribution in [-0.4, -0.2) is 48.4 Å². The number of urea groups is 1. The highest BCUT2D eigenvalue weighted by Gasteiger charge is 2.24. The van der Waals surface area contributed by atoms with Gasteiger partial charge in [-0.15, -0.1) is 0 Å². The Hall–Kier alpha value is -1.56. The monoisotopic (exact) mass is 281 g/mol. The van der Waals surface area contributed by atoms with Crippen LogP contribution in [0.1, 0.15) is 36.8 Å². The van der Waals surface area contributed by atoms with Crippen molar-refractivity contribution in [1.82, 2.24) is 15.4 Å². The lowest BCUT2D eigenvalue weighted by atomic mass is 10.00. The van der Waals surface area contributed by atoms with E-state index in [4.69, 9.17) is 9.26 Å². The second kappa shape index (κ2) is 6.26. The maximum Gasteiger partial charge on any atom is 0.317 e.